The van der Waals surface area contributed by atoms with Gasteiger partial charge >= 0.3 is 0 Å². The number of nitrogens with one attached hydrogen (secondary N) is 1. The first-order valence-electron chi connectivity index (χ1n) is 5.68. The summed E-state index contributed by atoms with van der Waals surface area (Å²) < 4.78 is 0. The molecule has 5 nitrogen and oxygen atoms in total. The Morgan fingerprint density at radius 2 is 2.21 bits per heavy atom. The van der Waals surface area contributed by atoms with Crippen molar-refractivity contribution in [2.45, 2.75) is 6.54 Å². The zero-order valence-electron chi connectivity index (χ0n) is 10.1. The van der Waals surface area contributed by atoms with Crippen LogP contribution in [0.2, 0.25) is 0 Å². The number of anilines is 1. The lowest BCUT2D eigenvalue weighted by Crippen LogP contribution is -2.24. The van der Waals surface area contributed by atoms with E-state index in [1.807, 2.05) is 6.07 Å². The van der Waals surface area contributed by atoms with Gasteiger partial charge in [0.05, 0.1) is 17.3 Å². The minimum Gasteiger partial charge on any atom is -0.397 e. The monoisotopic (exact) mass is 252 g/mol. The van der Waals surface area contributed by atoms with Crippen molar-refractivity contribution < 1.29 is 4.79 Å². The van der Waals surface area contributed by atoms with Crippen LogP contribution >= 0.6 is 0 Å². The molecule has 2 rings (SSSR count). The molecule has 1 aromatic carbocycles. The van der Waals surface area contributed by atoms with Crippen LogP contribution in [0.4, 0.5) is 5.69 Å². The molecule has 0 fully saturated rings. The van der Waals surface area contributed by atoms with Gasteiger partial charge in [-0.25, -0.2) is 4.98 Å². The quantitative estimate of drug-likeness (QED) is 0.865. The van der Waals surface area contributed by atoms with Gasteiger partial charge in [-0.3, -0.25) is 4.79 Å². The number of nitrogen functional groups attached to an aromatic ring is 1. The molecule has 0 saturated carbocycles. The van der Waals surface area contributed by atoms with Crippen LogP contribution in [0.15, 0.2) is 42.6 Å². The maximum Gasteiger partial charge on any atom is 0.272 e. The zero-order valence-corrected chi connectivity index (χ0v) is 10.1. The van der Waals surface area contributed by atoms with Gasteiger partial charge in [-0.15, -0.1) is 0 Å². The fourth-order valence-corrected chi connectivity index (χ4v) is 1.62. The Hall–Kier alpha value is -2.87. The third-order valence-corrected chi connectivity index (χ3v) is 2.56. The van der Waals surface area contributed by atoms with E-state index in [0.717, 1.165) is 5.56 Å². The SMILES string of the molecule is N#Cc1cccc(CNC(=O)c2ncccc2N)c1. The van der Waals surface area contributed by atoms with Crippen LogP contribution in [-0.4, -0.2) is 10.9 Å². The van der Waals surface area contributed by atoms with E-state index in [-0.39, 0.29) is 11.6 Å². The molecule has 1 heterocycles. The number of hydrogen-bond acceptors (Lipinski definition) is 4. The van der Waals surface area contributed by atoms with Gasteiger partial charge in [0.25, 0.3) is 5.91 Å². The van der Waals surface area contributed by atoms with Gasteiger partial charge in [-0.1, -0.05) is 12.1 Å². The Bertz CT molecular complexity index is 646. The Kier molecular flexibility index (Phi) is 3.74. The Balaban J connectivity index is 2.05. The third kappa shape index (κ3) is 3.07. The average Bonchev–Trinajstić information content (AvgIpc) is 2.45. The molecule has 1 amide bonds. The minimum absolute atomic E-state index is 0.207. The highest BCUT2D eigenvalue weighted by Crippen LogP contribution is 2.08. The Labute approximate surface area is 110 Å². The Morgan fingerprint density at radius 1 is 1.37 bits per heavy atom. The summed E-state index contributed by atoms with van der Waals surface area (Å²) in [5.41, 5.74) is 7.62. The van der Waals surface area contributed by atoms with Crippen molar-refractivity contribution in [1.29, 1.82) is 5.26 Å². The van der Waals surface area contributed by atoms with Gasteiger partial charge in [0, 0.05) is 12.7 Å². The van der Waals surface area contributed by atoms with Crippen molar-refractivity contribution in [3.05, 3.63) is 59.4 Å². The lowest BCUT2D eigenvalue weighted by atomic mass is 10.1. The number of aromatic nitrogens is 1. The van der Waals surface area contributed by atoms with Gasteiger partial charge in [0.15, 0.2) is 5.69 Å². The van der Waals surface area contributed by atoms with Crippen LogP contribution in [0.5, 0.6) is 0 Å². The topological polar surface area (TPSA) is 91.8 Å². The second-order valence-electron chi connectivity index (χ2n) is 3.94. The van der Waals surface area contributed by atoms with Crippen molar-refractivity contribution in [3.8, 4) is 6.07 Å². The van der Waals surface area contributed by atoms with Crippen molar-refractivity contribution in [1.82, 2.24) is 10.3 Å². The number of amides is 1. The maximum absolute atomic E-state index is 11.9. The molecule has 0 aliphatic heterocycles. The normalized spacial score (nSPS) is 9.63. The number of pyridine rings is 1. The number of carbonyl (C=O) groups excluding carboxylic acids is 1. The van der Waals surface area contributed by atoms with Crippen molar-refractivity contribution in [2.75, 3.05) is 5.73 Å². The van der Waals surface area contributed by atoms with Crippen LogP contribution in [0.3, 0.4) is 0 Å². The van der Waals surface area contributed by atoms with Gasteiger partial charge < -0.3 is 11.1 Å². The first-order chi connectivity index (χ1) is 9.20. The van der Waals surface area contributed by atoms with E-state index in [1.165, 1.54) is 6.20 Å². The summed E-state index contributed by atoms with van der Waals surface area (Å²) in [4.78, 5) is 15.8. The predicted octanol–water partition coefficient (Wildman–Crippen LogP) is 1.47. The molecule has 5 heteroatoms. The zero-order chi connectivity index (χ0) is 13.7. The molecular weight excluding hydrogens is 240 g/mol. The van der Waals surface area contributed by atoms with Crippen LogP contribution in [0.25, 0.3) is 0 Å². The molecule has 0 bridgehead atoms. The predicted molar refractivity (Wildman–Crippen MR) is 71.0 cm³/mol. The first kappa shape index (κ1) is 12.6. The standard InChI is InChI=1S/C14H12N4O/c15-8-10-3-1-4-11(7-10)9-18-14(19)13-12(16)5-2-6-17-13/h1-7H,9,16H2,(H,18,19). The highest BCUT2D eigenvalue weighted by Gasteiger charge is 2.10. The van der Waals surface area contributed by atoms with Gasteiger partial charge in [-0.05, 0) is 29.8 Å². The fourth-order valence-electron chi connectivity index (χ4n) is 1.62. The summed E-state index contributed by atoms with van der Waals surface area (Å²) >= 11 is 0. The van der Waals surface area contributed by atoms with Crippen molar-refractivity contribution in [3.63, 3.8) is 0 Å². The molecule has 2 aromatic rings. The van der Waals surface area contributed by atoms with Crippen molar-refractivity contribution in [2.24, 2.45) is 0 Å². The number of rotatable bonds is 3. The fraction of sp³-hybridized carbons (Fsp3) is 0.0714. The van der Waals surface area contributed by atoms with Gasteiger partial charge in [0.2, 0.25) is 0 Å². The molecule has 0 aliphatic carbocycles. The molecule has 0 atom stereocenters. The summed E-state index contributed by atoms with van der Waals surface area (Å²) in [6.45, 7) is 0.324. The molecule has 19 heavy (non-hydrogen) atoms. The molecule has 0 spiro atoms. The lowest BCUT2D eigenvalue weighted by molar-refractivity contribution is 0.0947. The summed E-state index contributed by atoms with van der Waals surface area (Å²) in [5.74, 6) is -0.333. The second-order valence-corrected chi connectivity index (χ2v) is 3.94. The summed E-state index contributed by atoms with van der Waals surface area (Å²) in [6, 6.07) is 12.4. The van der Waals surface area contributed by atoms with Gasteiger partial charge in [0.1, 0.15) is 0 Å². The number of nitriles is 1. The molecule has 0 radical (unpaired) electrons. The number of hydrogen-bond donors (Lipinski definition) is 2. The van der Waals surface area contributed by atoms with E-state index in [9.17, 15) is 4.79 Å². The highest BCUT2D eigenvalue weighted by atomic mass is 16.1. The van der Waals surface area contributed by atoms with Crippen LogP contribution < -0.4 is 11.1 Å². The lowest BCUT2D eigenvalue weighted by Gasteiger charge is -2.06. The molecule has 0 aliphatic rings. The molecule has 1 aromatic heterocycles. The molecule has 3 N–H and O–H groups in total. The number of nitrogens with zero attached hydrogens (tertiary/aromatic N) is 2. The summed E-state index contributed by atoms with van der Waals surface area (Å²) in [6.07, 6.45) is 1.52. The van der Waals surface area contributed by atoms with E-state index in [1.54, 1.807) is 30.3 Å². The summed E-state index contributed by atoms with van der Waals surface area (Å²) in [7, 11) is 0. The minimum atomic E-state index is -0.333. The van der Waals surface area contributed by atoms with E-state index in [2.05, 4.69) is 16.4 Å². The van der Waals surface area contributed by atoms with Crippen LogP contribution in [0, 0.1) is 11.3 Å². The number of nitrogens with two attached hydrogens (primary N) is 1. The highest BCUT2D eigenvalue weighted by molar-refractivity contribution is 5.96. The van der Waals surface area contributed by atoms with Crippen LogP contribution in [0.1, 0.15) is 21.6 Å². The Morgan fingerprint density at radius 3 is 2.95 bits per heavy atom. The van der Waals surface area contributed by atoms with E-state index < -0.39 is 0 Å². The molecule has 0 saturated heterocycles. The number of benzene rings is 1. The smallest absolute Gasteiger partial charge is 0.272 e. The molecular formula is C14H12N4O. The summed E-state index contributed by atoms with van der Waals surface area (Å²) in [5, 5.41) is 11.5. The molecule has 0 unspecified atom stereocenters. The second kappa shape index (κ2) is 5.65. The van der Waals surface area contributed by atoms with E-state index in [0.29, 0.717) is 17.8 Å². The van der Waals surface area contributed by atoms with Gasteiger partial charge in [-0.2, -0.15) is 5.26 Å². The molecule has 94 valence electrons. The van der Waals surface area contributed by atoms with E-state index >= 15 is 0 Å². The van der Waals surface area contributed by atoms with E-state index in [4.69, 9.17) is 11.0 Å². The third-order valence-electron chi connectivity index (χ3n) is 2.56. The maximum atomic E-state index is 11.9. The van der Waals surface area contributed by atoms with Crippen LogP contribution in [-0.2, 0) is 6.54 Å². The average molecular weight is 252 g/mol. The van der Waals surface area contributed by atoms with Crippen molar-refractivity contribution >= 4 is 11.6 Å². The first-order valence-corrected chi connectivity index (χ1v) is 5.68. The largest absolute Gasteiger partial charge is 0.397 e. The number of carbonyl (C=O) groups is 1.